The molecule has 0 aliphatic carbocycles. The fraction of sp³-hybridized carbons (Fsp3) is 0.308. The Morgan fingerprint density at radius 1 is 0.767 bits per heavy atom. The van der Waals surface area contributed by atoms with Gasteiger partial charge in [0, 0.05) is 9.52 Å². The molecular formula is C26H32F2SiZr. The van der Waals surface area contributed by atoms with Crippen LogP contribution in [0.4, 0.5) is 5.25 Å². The summed E-state index contributed by atoms with van der Waals surface area (Å²) in [6, 6.07) is 22.1. The molecule has 0 amide bonds. The molecule has 2 radical (unpaired) electrons. The van der Waals surface area contributed by atoms with Gasteiger partial charge in [0.15, 0.2) is 0 Å². The molecule has 4 aromatic carbocycles. The summed E-state index contributed by atoms with van der Waals surface area (Å²) < 4.78 is 19.6. The summed E-state index contributed by atoms with van der Waals surface area (Å²) in [6.45, 7) is 13.0. The van der Waals surface area contributed by atoms with E-state index in [0.717, 1.165) is 22.4 Å². The van der Waals surface area contributed by atoms with Crippen LogP contribution in [0, 0.1) is 13.8 Å². The Hall–Kier alpha value is -1.38. The number of hydrogen-bond donors (Lipinski definition) is 0. The molecule has 4 rings (SSSR count). The van der Waals surface area contributed by atoms with E-state index >= 15 is 0 Å². The van der Waals surface area contributed by atoms with Crippen LogP contribution in [0.3, 0.4) is 0 Å². The van der Waals surface area contributed by atoms with E-state index in [4.69, 9.17) is 0 Å². The van der Waals surface area contributed by atoms with E-state index in [2.05, 4.69) is 101 Å². The summed E-state index contributed by atoms with van der Waals surface area (Å²) in [4.78, 5) is 0. The number of fused-ring (bicyclic) bond motifs is 2. The van der Waals surface area contributed by atoms with Crippen molar-refractivity contribution in [2.24, 2.45) is 0 Å². The Balaban J connectivity index is 0.000000239. The van der Waals surface area contributed by atoms with Gasteiger partial charge in [-0.2, -0.15) is 12.1 Å². The van der Waals surface area contributed by atoms with Gasteiger partial charge in [-0.1, -0.05) is 64.0 Å². The second kappa shape index (κ2) is 14.6. The number of halogens is 2. The fourth-order valence-corrected chi connectivity index (χ4v) is 3.52. The predicted molar refractivity (Wildman–Crippen MR) is 127 cm³/mol. The molecule has 30 heavy (non-hydrogen) atoms. The number of aryl methyl sites for hydroxylation is 4. The zero-order valence-electron chi connectivity index (χ0n) is 18.9. The molecule has 0 atom stereocenters. The summed E-state index contributed by atoms with van der Waals surface area (Å²) in [5, 5.41) is 5.62. The first-order valence-electron chi connectivity index (χ1n) is 10.3. The van der Waals surface area contributed by atoms with Gasteiger partial charge in [-0.05, 0) is 12.8 Å². The van der Waals surface area contributed by atoms with Crippen molar-refractivity contribution < 1.29 is 29.7 Å². The molecule has 0 saturated carbocycles. The molecule has 0 aliphatic heterocycles. The van der Waals surface area contributed by atoms with Gasteiger partial charge in [-0.3, -0.25) is 0 Å². The fourth-order valence-electron chi connectivity index (χ4n) is 3.52. The zero-order valence-corrected chi connectivity index (χ0v) is 22.4. The first kappa shape index (κ1) is 26.7. The van der Waals surface area contributed by atoms with Crippen LogP contribution in [0.2, 0.25) is 13.1 Å². The molecule has 0 saturated heterocycles. The number of benzene rings is 2. The van der Waals surface area contributed by atoms with Crippen LogP contribution in [-0.4, -0.2) is 9.52 Å². The molecule has 0 fully saturated rings. The molecule has 0 N–H and O–H groups in total. The summed E-state index contributed by atoms with van der Waals surface area (Å²) in [5.74, 6) is 0. The Kier molecular flexibility index (Phi) is 13.0. The SMILES string of the molecule is CCc1cccc2[cH-]c(C)cc12.CCc1cccc2[cH-]c(C)cc12.C[Si]C.[F][Zr+2][F]. The Morgan fingerprint density at radius 3 is 1.40 bits per heavy atom. The van der Waals surface area contributed by atoms with Crippen molar-refractivity contribution in [2.45, 2.75) is 53.6 Å². The first-order chi connectivity index (χ1) is 14.4. The van der Waals surface area contributed by atoms with Crippen LogP contribution < -0.4 is 0 Å². The Labute approximate surface area is 196 Å². The monoisotopic (exact) mass is 500 g/mol. The predicted octanol–water partition coefficient (Wildman–Crippen LogP) is 8.48. The van der Waals surface area contributed by atoms with Gasteiger partial charge in [0.1, 0.15) is 0 Å². The van der Waals surface area contributed by atoms with Gasteiger partial charge in [0.2, 0.25) is 0 Å². The van der Waals surface area contributed by atoms with Crippen molar-refractivity contribution in [2.75, 3.05) is 0 Å². The standard InChI is InChI=1S/2C12H13.C2H6Si.2FH.Zr/c2*1-3-10-5-4-6-11-7-9(2)8-12(10)11;1-3-2;;;/h2*4-8H,3H2,1-2H3;1-2H3;2*1H;/q2*-1;;;;+4/p-2. The first-order valence-corrected chi connectivity index (χ1v) is 14.2. The third-order valence-corrected chi connectivity index (χ3v) is 4.73. The van der Waals surface area contributed by atoms with E-state index in [0.29, 0.717) is 0 Å². The number of hydrogen-bond acceptors (Lipinski definition) is 0. The minimum atomic E-state index is -2.77. The van der Waals surface area contributed by atoms with Crippen LogP contribution >= 0.6 is 0 Å². The third-order valence-electron chi connectivity index (χ3n) is 4.73. The third kappa shape index (κ3) is 8.04. The summed E-state index contributed by atoms with van der Waals surface area (Å²) in [7, 11) is 1.08. The summed E-state index contributed by atoms with van der Waals surface area (Å²) >= 11 is -2.77. The van der Waals surface area contributed by atoms with E-state index in [1.54, 1.807) is 0 Å². The van der Waals surface area contributed by atoms with Crippen molar-refractivity contribution in [3.8, 4) is 0 Å². The van der Waals surface area contributed by atoms with Gasteiger partial charge in [-0.25, -0.2) is 0 Å². The molecule has 0 bridgehead atoms. The molecule has 0 nitrogen and oxygen atoms in total. The zero-order chi connectivity index (χ0) is 22.5. The van der Waals surface area contributed by atoms with Crippen molar-refractivity contribution in [3.63, 3.8) is 0 Å². The van der Waals surface area contributed by atoms with E-state index in [9.17, 15) is 5.25 Å². The van der Waals surface area contributed by atoms with Crippen LogP contribution in [0.1, 0.15) is 36.1 Å². The second-order valence-corrected chi connectivity index (χ2v) is 8.54. The Morgan fingerprint density at radius 2 is 1.10 bits per heavy atom. The molecule has 0 unspecified atom stereocenters. The van der Waals surface area contributed by atoms with Gasteiger partial charge in [0.05, 0.1) is 0 Å². The van der Waals surface area contributed by atoms with Crippen molar-refractivity contribution >= 4 is 31.1 Å². The van der Waals surface area contributed by atoms with E-state index in [1.165, 1.54) is 43.8 Å². The van der Waals surface area contributed by atoms with Gasteiger partial charge < -0.3 is 0 Å². The molecule has 158 valence electrons. The maximum absolute atomic E-state index is 9.80. The molecule has 0 spiro atoms. The van der Waals surface area contributed by atoms with E-state index in [-0.39, 0.29) is 0 Å². The van der Waals surface area contributed by atoms with Crippen molar-refractivity contribution in [3.05, 3.63) is 82.9 Å². The van der Waals surface area contributed by atoms with Gasteiger partial charge in [-0.15, -0.1) is 69.1 Å². The molecule has 0 aromatic heterocycles. The van der Waals surface area contributed by atoms with E-state index < -0.39 is 24.5 Å². The molecule has 4 aromatic rings. The second-order valence-electron chi connectivity index (χ2n) is 7.18. The summed E-state index contributed by atoms with van der Waals surface area (Å²) in [6.07, 6.45) is 2.25. The normalized spacial score (nSPS) is 9.60. The average molecular weight is 502 g/mol. The average Bonchev–Trinajstić information content (AvgIpc) is 3.29. The number of rotatable bonds is 2. The topological polar surface area (TPSA) is 0 Å². The van der Waals surface area contributed by atoms with Crippen molar-refractivity contribution in [1.82, 2.24) is 0 Å². The van der Waals surface area contributed by atoms with Crippen LogP contribution in [0.5, 0.6) is 0 Å². The quantitative estimate of drug-likeness (QED) is 0.191. The Bertz CT molecular complexity index is 919. The summed E-state index contributed by atoms with van der Waals surface area (Å²) in [5.41, 5.74) is 5.65. The van der Waals surface area contributed by atoms with Gasteiger partial charge >= 0.3 is 29.7 Å². The van der Waals surface area contributed by atoms with Crippen molar-refractivity contribution in [1.29, 1.82) is 0 Å². The molecule has 0 aliphatic rings. The maximum atomic E-state index is 9.80. The molecular weight excluding hydrogens is 470 g/mol. The van der Waals surface area contributed by atoms with Crippen LogP contribution in [-0.2, 0) is 37.3 Å². The molecule has 4 heteroatoms. The van der Waals surface area contributed by atoms with Crippen LogP contribution in [0.25, 0.3) is 21.5 Å². The van der Waals surface area contributed by atoms with Gasteiger partial charge in [0.25, 0.3) is 0 Å². The minimum absolute atomic E-state index is 1.08. The van der Waals surface area contributed by atoms with E-state index in [1.807, 2.05) is 0 Å². The van der Waals surface area contributed by atoms with Crippen LogP contribution in [0.15, 0.2) is 60.7 Å². The molecule has 0 heterocycles.